The Morgan fingerprint density at radius 1 is 1.40 bits per heavy atom. The Kier molecular flexibility index (Phi) is 5.08. The van der Waals surface area contributed by atoms with Crippen molar-refractivity contribution in [2.24, 2.45) is 5.92 Å². The average Bonchev–Trinajstić information content (AvgIpc) is 2.65. The molecule has 2 heterocycles. The third-order valence-corrected chi connectivity index (χ3v) is 5.04. The Balaban J connectivity index is 2.04. The van der Waals surface area contributed by atoms with Crippen LogP contribution in [0.2, 0.25) is 0 Å². The Labute approximate surface area is 123 Å². The highest BCUT2D eigenvalue weighted by Gasteiger charge is 2.46. The standard InChI is InChI=1S/C16H31N3O/c1-5-8-14-17-16(3,6-2)15(20)19(14)12-13-9-7-10-18(4)11-13/h13-14,17H,5-12H2,1-4H3. The normalized spacial score (nSPS) is 35.8. The van der Waals surface area contributed by atoms with Crippen molar-refractivity contribution in [3.8, 4) is 0 Å². The molecule has 1 N–H and O–H groups in total. The van der Waals surface area contributed by atoms with E-state index in [4.69, 9.17) is 0 Å². The number of hydrogen-bond donors (Lipinski definition) is 1. The van der Waals surface area contributed by atoms with Crippen LogP contribution < -0.4 is 5.32 Å². The van der Waals surface area contributed by atoms with Crippen LogP contribution in [0.1, 0.15) is 52.9 Å². The number of carbonyl (C=O) groups excluding carboxylic acids is 1. The van der Waals surface area contributed by atoms with Gasteiger partial charge in [-0.15, -0.1) is 0 Å². The molecule has 0 aromatic carbocycles. The molecule has 0 aliphatic carbocycles. The maximum Gasteiger partial charge on any atom is 0.243 e. The number of nitrogens with one attached hydrogen (secondary N) is 1. The first kappa shape index (κ1) is 15.8. The zero-order valence-corrected chi connectivity index (χ0v) is 13.6. The van der Waals surface area contributed by atoms with Crippen molar-refractivity contribution >= 4 is 5.91 Å². The van der Waals surface area contributed by atoms with Gasteiger partial charge in [-0.3, -0.25) is 10.1 Å². The Hall–Kier alpha value is -0.610. The lowest BCUT2D eigenvalue weighted by Crippen LogP contribution is -2.45. The number of piperidine rings is 1. The minimum Gasteiger partial charge on any atom is -0.325 e. The molecule has 3 atom stereocenters. The zero-order chi connectivity index (χ0) is 14.8. The van der Waals surface area contributed by atoms with E-state index in [1.54, 1.807) is 0 Å². The van der Waals surface area contributed by atoms with Crippen LogP contribution in [0.25, 0.3) is 0 Å². The Bertz CT molecular complexity index is 347. The number of carbonyl (C=O) groups is 1. The summed E-state index contributed by atoms with van der Waals surface area (Å²) in [5.41, 5.74) is -0.347. The van der Waals surface area contributed by atoms with E-state index in [2.05, 4.69) is 42.9 Å². The lowest BCUT2D eigenvalue weighted by molar-refractivity contribution is -0.133. The SMILES string of the molecule is CCCC1NC(C)(CC)C(=O)N1CC1CCCN(C)C1. The fraction of sp³-hybridized carbons (Fsp3) is 0.938. The van der Waals surface area contributed by atoms with Gasteiger partial charge < -0.3 is 9.80 Å². The van der Waals surface area contributed by atoms with Gasteiger partial charge in [0, 0.05) is 13.1 Å². The fourth-order valence-corrected chi connectivity index (χ4v) is 3.63. The molecule has 20 heavy (non-hydrogen) atoms. The topological polar surface area (TPSA) is 35.6 Å². The molecule has 2 aliphatic rings. The van der Waals surface area contributed by atoms with Crippen LogP contribution in [0.15, 0.2) is 0 Å². The molecule has 3 unspecified atom stereocenters. The summed E-state index contributed by atoms with van der Waals surface area (Å²) in [6.07, 6.45) is 5.81. The van der Waals surface area contributed by atoms with Gasteiger partial charge in [0.1, 0.15) is 0 Å². The highest BCUT2D eigenvalue weighted by Crippen LogP contribution is 2.28. The van der Waals surface area contributed by atoms with Crippen LogP contribution in [0.3, 0.4) is 0 Å². The summed E-state index contributed by atoms with van der Waals surface area (Å²) in [5.74, 6) is 0.949. The smallest absolute Gasteiger partial charge is 0.243 e. The van der Waals surface area contributed by atoms with Gasteiger partial charge in [0.05, 0.1) is 11.7 Å². The maximum absolute atomic E-state index is 12.7. The van der Waals surface area contributed by atoms with Crippen LogP contribution in [-0.4, -0.2) is 54.1 Å². The van der Waals surface area contributed by atoms with Gasteiger partial charge in [0.15, 0.2) is 0 Å². The molecule has 0 aromatic heterocycles. The summed E-state index contributed by atoms with van der Waals surface area (Å²) >= 11 is 0. The van der Waals surface area contributed by atoms with Gasteiger partial charge in [-0.25, -0.2) is 0 Å². The molecular weight excluding hydrogens is 250 g/mol. The first-order valence-corrected chi connectivity index (χ1v) is 8.27. The second-order valence-corrected chi connectivity index (χ2v) is 6.86. The maximum atomic E-state index is 12.7. The van der Waals surface area contributed by atoms with E-state index in [9.17, 15) is 4.79 Å². The van der Waals surface area contributed by atoms with Crippen molar-refractivity contribution in [2.45, 2.75) is 64.6 Å². The van der Waals surface area contributed by atoms with Crippen LogP contribution >= 0.6 is 0 Å². The average molecular weight is 281 g/mol. The molecule has 0 saturated carbocycles. The number of amides is 1. The lowest BCUT2D eigenvalue weighted by atomic mass is 9.96. The van der Waals surface area contributed by atoms with Gasteiger partial charge >= 0.3 is 0 Å². The van der Waals surface area contributed by atoms with Gasteiger partial charge in [0.2, 0.25) is 5.91 Å². The monoisotopic (exact) mass is 281 g/mol. The van der Waals surface area contributed by atoms with Gasteiger partial charge in [0.25, 0.3) is 0 Å². The molecule has 1 amide bonds. The zero-order valence-electron chi connectivity index (χ0n) is 13.6. The fourth-order valence-electron chi connectivity index (χ4n) is 3.63. The minimum absolute atomic E-state index is 0.240. The van der Waals surface area contributed by atoms with E-state index in [1.165, 1.54) is 19.4 Å². The van der Waals surface area contributed by atoms with Crippen molar-refractivity contribution in [2.75, 3.05) is 26.7 Å². The molecule has 116 valence electrons. The lowest BCUT2D eigenvalue weighted by Gasteiger charge is -2.34. The molecule has 4 nitrogen and oxygen atoms in total. The Morgan fingerprint density at radius 3 is 2.75 bits per heavy atom. The summed E-state index contributed by atoms with van der Waals surface area (Å²) < 4.78 is 0. The molecule has 0 radical (unpaired) electrons. The number of nitrogens with zero attached hydrogens (tertiary/aromatic N) is 2. The minimum atomic E-state index is -0.347. The quantitative estimate of drug-likeness (QED) is 0.838. The van der Waals surface area contributed by atoms with Crippen LogP contribution in [-0.2, 0) is 4.79 Å². The molecule has 0 bridgehead atoms. The largest absolute Gasteiger partial charge is 0.325 e. The van der Waals surface area contributed by atoms with E-state index in [0.717, 1.165) is 32.4 Å². The van der Waals surface area contributed by atoms with Gasteiger partial charge in [-0.05, 0) is 52.1 Å². The molecule has 2 rings (SSSR count). The third-order valence-electron chi connectivity index (χ3n) is 5.04. The first-order valence-electron chi connectivity index (χ1n) is 8.27. The van der Waals surface area contributed by atoms with E-state index < -0.39 is 0 Å². The van der Waals surface area contributed by atoms with E-state index >= 15 is 0 Å². The van der Waals surface area contributed by atoms with Gasteiger partial charge in [-0.1, -0.05) is 20.3 Å². The van der Waals surface area contributed by atoms with Crippen LogP contribution in [0.4, 0.5) is 0 Å². The summed E-state index contributed by atoms with van der Waals surface area (Å²) in [6, 6.07) is 0. The number of hydrogen-bond acceptors (Lipinski definition) is 3. The number of rotatable bonds is 5. The summed E-state index contributed by atoms with van der Waals surface area (Å²) in [4.78, 5) is 17.3. The molecule has 0 spiro atoms. The molecule has 2 saturated heterocycles. The third kappa shape index (κ3) is 3.17. The van der Waals surface area contributed by atoms with Gasteiger partial charge in [-0.2, -0.15) is 0 Å². The highest BCUT2D eigenvalue weighted by atomic mass is 16.2. The van der Waals surface area contributed by atoms with Crippen molar-refractivity contribution in [1.29, 1.82) is 0 Å². The van der Waals surface area contributed by atoms with E-state index in [1.807, 2.05) is 0 Å². The summed E-state index contributed by atoms with van der Waals surface area (Å²) in [7, 11) is 2.19. The Morgan fingerprint density at radius 2 is 2.15 bits per heavy atom. The predicted octanol–water partition coefficient (Wildman–Crippen LogP) is 2.05. The second kappa shape index (κ2) is 6.44. The van der Waals surface area contributed by atoms with Crippen molar-refractivity contribution in [3.63, 3.8) is 0 Å². The van der Waals surface area contributed by atoms with Crippen molar-refractivity contribution < 1.29 is 4.79 Å². The van der Waals surface area contributed by atoms with Crippen LogP contribution in [0, 0.1) is 5.92 Å². The van der Waals surface area contributed by atoms with Crippen molar-refractivity contribution in [3.05, 3.63) is 0 Å². The molecule has 2 aliphatic heterocycles. The van der Waals surface area contributed by atoms with Crippen molar-refractivity contribution in [1.82, 2.24) is 15.1 Å². The summed E-state index contributed by atoms with van der Waals surface area (Å²) in [5, 5.41) is 3.58. The molecular formula is C16H31N3O. The molecule has 4 heteroatoms. The second-order valence-electron chi connectivity index (χ2n) is 6.86. The molecule has 2 fully saturated rings. The number of likely N-dealkylation sites (tertiary alicyclic amines) is 1. The molecule has 0 aromatic rings. The summed E-state index contributed by atoms with van der Waals surface area (Å²) in [6.45, 7) is 9.62. The predicted molar refractivity (Wildman–Crippen MR) is 82.5 cm³/mol. The first-order chi connectivity index (χ1) is 9.50. The highest BCUT2D eigenvalue weighted by molar-refractivity contribution is 5.88. The van der Waals surface area contributed by atoms with E-state index in [-0.39, 0.29) is 11.7 Å². The van der Waals surface area contributed by atoms with E-state index in [0.29, 0.717) is 11.8 Å². The van der Waals surface area contributed by atoms with Crippen LogP contribution in [0.5, 0.6) is 0 Å².